The number of phosphoric acid groups is 1. The largest absolute Gasteiger partial charge is 0.466 e. The molecule has 0 aliphatic rings. The maximum absolute atomic E-state index is 8.88. The lowest BCUT2D eigenvalue weighted by atomic mass is 10.1. The van der Waals surface area contributed by atoms with Crippen molar-refractivity contribution in [2.75, 3.05) is 27.7 Å². The molecule has 0 rings (SSSR count). The van der Waals surface area contributed by atoms with Crippen LogP contribution in [0.25, 0.3) is 0 Å². The van der Waals surface area contributed by atoms with Crippen molar-refractivity contribution < 1.29 is 23.7 Å². The SMILES string of the molecule is CCCCCCCCC[N+](C)(C)C.O=P(O)(O)O. The van der Waals surface area contributed by atoms with Gasteiger partial charge in [0, 0.05) is 0 Å². The fourth-order valence-corrected chi connectivity index (χ4v) is 1.54. The summed E-state index contributed by atoms with van der Waals surface area (Å²) in [6, 6.07) is 0. The van der Waals surface area contributed by atoms with Gasteiger partial charge in [-0.25, -0.2) is 4.57 Å². The van der Waals surface area contributed by atoms with Gasteiger partial charge in [0.25, 0.3) is 0 Å². The number of nitrogens with zero attached hydrogens (tertiary/aromatic N) is 1. The van der Waals surface area contributed by atoms with Gasteiger partial charge in [-0.3, -0.25) is 0 Å². The average molecular weight is 284 g/mol. The molecule has 5 nitrogen and oxygen atoms in total. The van der Waals surface area contributed by atoms with Crippen molar-refractivity contribution in [3.05, 3.63) is 0 Å². The van der Waals surface area contributed by atoms with E-state index in [2.05, 4.69) is 28.1 Å². The van der Waals surface area contributed by atoms with Crippen LogP contribution in [0.1, 0.15) is 51.9 Å². The summed E-state index contributed by atoms with van der Waals surface area (Å²) in [6.07, 6.45) is 9.95. The Labute approximate surface area is 112 Å². The van der Waals surface area contributed by atoms with Crippen LogP contribution in [0.2, 0.25) is 0 Å². The van der Waals surface area contributed by atoms with E-state index in [0.29, 0.717) is 0 Å². The van der Waals surface area contributed by atoms with Crippen molar-refractivity contribution in [1.29, 1.82) is 0 Å². The second-order valence-corrected chi connectivity index (χ2v) is 6.68. The molecule has 0 atom stereocenters. The number of hydrogen-bond acceptors (Lipinski definition) is 1. The van der Waals surface area contributed by atoms with E-state index < -0.39 is 7.82 Å². The number of unbranched alkanes of at least 4 members (excludes halogenated alkanes) is 6. The minimum absolute atomic E-state index is 1.12. The van der Waals surface area contributed by atoms with Crippen molar-refractivity contribution in [3.8, 4) is 0 Å². The molecule has 3 N–H and O–H groups in total. The summed E-state index contributed by atoms with van der Waals surface area (Å²) in [5.41, 5.74) is 0. The van der Waals surface area contributed by atoms with Crippen LogP contribution >= 0.6 is 7.82 Å². The highest BCUT2D eigenvalue weighted by Gasteiger charge is 2.04. The number of quaternary nitrogens is 1. The van der Waals surface area contributed by atoms with Gasteiger partial charge in [0.1, 0.15) is 0 Å². The van der Waals surface area contributed by atoms with E-state index in [1.54, 1.807) is 0 Å². The van der Waals surface area contributed by atoms with Gasteiger partial charge in [0.2, 0.25) is 0 Å². The van der Waals surface area contributed by atoms with Gasteiger partial charge in [-0.15, -0.1) is 0 Å². The number of hydrogen-bond donors (Lipinski definition) is 3. The molecule has 0 bridgehead atoms. The average Bonchev–Trinajstić information content (AvgIpc) is 2.12. The Bertz CT molecular complexity index is 214. The minimum atomic E-state index is -4.64. The van der Waals surface area contributed by atoms with Gasteiger partial charge in [-0.1, -0.05) is 39.0 Å². The molecular weight excluding hydrogens is 253 g/mol. The normalized spacial score (nSPS) is 11.9. The second kappa shape index (κ2) is 10.9. The molecule has 0 aromatic carbocycles. The molecule has 0 aliphatic carbocycles. The Morgan fingerprint density at radius 3 is 1.50 bits per heavy atom. The van der Waals surface area contributed by atoms with Gasteiger partial charge in [0.05, 0.1) is 27.7 Å². The Morgan fingerprint density at radius 1 is 0.833 bits per heavy atom. The summed E-state index contributed by atoms with van der Waals surface area (Å²) in [7, 11) is 2.19. The third-order valence-corrected chi connectivity index (χ3v) is 2.43. The predicted octanol–water partition coefficient (Wildman–Crippen LogP) is 2.51. The van der Waals surface area contributed by atoms with Crippen LogP contribution in [0.3, 0.4) is 0 Å². The molecule has 0 spiro atoms. The zero-order valence-electron chi connectivity index (χ0n) is 12.3. The quantitative estimate of drug-likeness (QED) is 0.363. The van der Waals surface area contributed by atoms with Crippen LogP contribution in [-0.4, -0.2) is 46.9 Å². The summed E-state index contributed by atoms with van der Waals surface area (Å²) >= 11 is 0. The number of rotatable bonds is 8. The molecule has 0 aliphatic heterocycles. The van der Waals surface area contributed by atoms with Crippen LogP contribution < -0.4 is 0 Å². The van der Waals surface area contributed by atoms with E-state index in [4.69, 9.17) is 19.2 Å². The first-order chi connectivity index (χ1) is 8.06. The fraction of sp³-hybridized carbons (Fsp3) is 1.00. The minimum Gasteiger partial charge on any atom is -0.331 e. The van der Waals surface area contributed by atoms with E-state index in [0.717, 1.165) is 4.48 Å². The van der Waals surface area contributed by atoms with Gasteiger partial charge in [-0.2, -0.15) is 0 Å². The van der Waals surface area contributed by atoms with Crippen molar-refractivity contribution in [3.63, 3.8) is 0 Å². The van der Waals surface area contributed by atoms with Crippen LogP contribution in [0.5, 0.6) is 0 Å². The van der Waals surface area contributed by atoms with Gasteiger partial charge < -0.3 is 19.2 Å². The molecule has 0 saturated carbocycles. The molecule has 0 radical (unpaired) electrons. The van der Waals surface area contributed by atoms with E-state index in [-0.39, 0.29) is 0 Å². The summed E-state index contributed by atoms with van der Waals surface area (Å²) in [5.74, 6) is 0. The van der Waals surface area contributed by atoms with Crippen molar-refractivity contribution >= 4 is 7.82 Å². The Kier molecular flexibility index (Phi) is 12.4. The summed E-state index contributed by atoms with van der Waals surface area (Å²) < 4.78 is 10.0. The zero-order chi connectivity index (χ0) is 14.7. The first-order valence-electron chi connectivity index (χ1n) is 6.65. The lowest BCUT2D eigenvalue weighted by molar-refractivity contribution is -0.870. The summed E-state index contributed by atoms with van der Waals surface area (Å²) in [6.45, 7) is 3.60. The Balaban J connectivity index is 0. The van der Waals surface area contributed by atoms with Gasteiger partial charge in [0.15, 0.2) is 0 Å². The fourth-order valence-electron chi connectivity index (χ4n) is 1.54. The Hall–Kier alpha value is 0.0700. The maximum atomic E-state index is 8.88. The highest BCUT2D eigenvalue weighted by atomic mass is 31.2. The van der Waals surface area contributed by atoms with Crippen molar-refractivity contribution in [2.45, 2.75) is 51.9 Å². The lowest BCUT2D eigenvalue weighted by Crippen LogP contribution is -2.35. The van der Waals surface area contributed by atoms with E-state index in [1.807, 2.05) is 0 Å². The van der Waals surface area contributed by atoms with Crippen LogP contribution in [0, 0.1) is 0 Å². The Morgan fingerprint density at radius 2 is 1.17 bits per heavy atom. The van der Waals surface area contributed by atoms with E-state index >= 15 is 0 Å². The summed E-state index contributed by atoms with van der Waals surface area (Å²) in [4.78, 5) is 21.6. The second-order valence-electron chi connectivity index (χ2n) is 5.65. The molecule has 0 unspecified atom stereocenters. The molecule has 0 heterocycles. The third kappa shape index (κ3) is 36.0. The van der Waals surface area contributed by atoms with E-state index in [9.17, 15) is 0 Å². The molecule has 0 aromatic heterocycles. The topological polar surface area (TPSA) is 77.8 Å². The highest BCUT2D eigenvalue weighted by Crippen LogP contribution is 2.25. The standard InChI is InChI=1S/C12H28N.H3O4P/c1-5-6-7-8-9-10-11-12-13(2,3)4;1-5(2,3)4/h5-12H2,1-4H3;(H3,1,2,3,4)/q+1;. The predicted molar refractivity (Wildman–Crippen MR) is 75.2 cm³/mol. The molecule has 0 aromatic rings. The third-order valence-electron chi connectivity index (χ3n) is 2.43. The van der Waals surface area contributed by atoms with Crippen molar-refractivity contribution in [2.24, 2.45) is 0 Å². The molecule has 6 heteroatoms. The molecule has 18 heavy (non-hydrogen) atoms. The smallest absolute Gasteiger partial charge is 0.331 e. The zero-order valence-corrected chi connectivity index (χ0v) is 13.2. The van der Waals surface area contributed by atoms with Crippen LogP contribution in [0.15, 0.2) is 0 Å². The summed E-state index contributed by atoms with van der Waals surface area (Å²) in [5, 5.41) is 0. The van der Waals surface area contributed by atoms with Crippen LogP contribution in [0.4, 0.5) is 0 Å². The first kappa shape index (κ1) is 20.4. The van der Waals surface area contributed by atoms with Gasteiger partial charge >= 0.3 is 7.82 Å². The lowest BCUT2D eigenvalue weighted by Gasteiger charge is -2.23. The molecule has 0 amide bonds. The molecule has 0 fully saturated rings. The highest BCUT2D eigenvalue weighted by molar-refractivity contribution is 7.45. The monoisotopic (exact) mass is 284 g/mol. The molecular formula is C12H31NO4P+. The van der Waals surface area contributed by atoms with E-state index in [1.165, 1.54) is 51.5 Å². The molecule has 112 valence electrons. The maximum Gasteiger partial charge on any atom is 0.466 e. The first-order valence-corrected chi connectivity index (χ1v) is 8.21. The van der Waals surface area contributed by atoms with Gasteiger partial charge in [-0.05, 0) is 12.8 Å². The molecule has 0 saturated heterocycles. The van der Waals surface area contributed by atoms with Crippen LogP contribution in [-0.2, 0) is 4.57 Å². The van der Waals surface area contributed by atoms with Crippen molar-refractivity contribution in [1.82, 2.24) is 0 Å².